The highest BCUT2D eigenvalue weighted by molar-refractivity contribution is 7.88. The molecule has 0 unspecified atom stereocenters. The van der Waals surface area contributed by atoms with E-state index in [1.165, 1.54) is 21.9 Å². The van der Waals surface area contributed by atoms with Gasteiger partial charge in [-0.25, -0.2) is 13.2 Å². The number of nitrogens with zero attached hydrogens (tertiary/aromatic N) is 1. The van der Waals surface area contributed by atoms with Gasteiger partial charge in [0.05, 0.1) is 6.26 Å². The second-order valence-electron chi connectivity index (χ2n) is 5.80. The van der Waals surface area contributed by atoms with Gasteiger partial charge in [-0.2, -0.15) is 4.31 Å². The minimum absolute atomic E-state index is 0.240. The number of fused-ring (bicyclic) bond motifs is 1. The van der Waals surface area contributed by atoms with Gasteiger partial charge in [0.25, 0.3) is 0 Å². The van der Waals surface area contributed by atoms with Gasteiger partial charge in [0.2, 0.25) is 10.0 Å². The van der Waals surface area contributed by atoms with Crippen LogP contribution < -0.4 is 0 Å². The van der Waals surface area contributed by atoms with Crippen LogP contribution in [0.4, 0.5) is 0 Å². The van der Waals surface area contributed by atoms with Crippen molar-refractivity contribution in [3.8, 4) is 0 Å². The number of aromatic carboxylic acids is 1. The average Bonchev–Trinajstić information content (AvgIpc) is 2.98. The summed E-state index contributed by atoms with van der Waals surface area (Å²) in [5.74, 6) is -0.954. The summed E-state index contributed by atoms with van der Waals surface area (Å²) in [6.07, 6.45) is 1.20. The second kappa shape index (κ2) is 6.95. The van der Waals surface area contributed by atoms with E-state index in [4.69, 9.17) is 5.11 Å². The lowest BCUT2D eigenvalue weighted by Crippen LogP contribution is -2.29. The fraction of sp³-hybridized carbons (Fsp3) is 0.167. The highest BCUT2D eigenvalue weighted by atomic mass is 32.2. The maximum Gasteiger partial charge on any atom is 0.345 e. The third-order valence-corrected chi connectivity index (χ3v) is 6.11. The third kappa shape index (κ3) is 4.25. The zero-order valence-electron chi connectivity index (χ0n) is 13.5. The molecule has 0 fully saturated rings. The highest BCUT2D eigenvalue weighted by Gasteiger charge is 2.18. The normalized spacial score (nSPS) is 11.9. The summed E-state index contributed by atoms with van der Waals surface area (Å²) in [6.45, 7) is 0.534. The monoisotopic (exact) mass is 375 g/mol. The van der Waals surface area contributed by atoms with E-state index in [1.54, 1.807) is 6.07 Å². The largest absolute Gasteiger partial charge is 0.477 e. The molecule has 0 saturated carbocycles. The summed E-state index contributed by atoms with van der Waals surface area (Å²) in [5, 5.41) is 9.94. The Morgan fingerprint density at radius 1 is 1.04 bits per heavy atom. The van der Waals surface area contributed by atoms with Crippen molar-refractivity contribution in [1.29, 1.82) is 0 Å². The molecule has 1 N–H and O–H groups in total. The van der Waals surface area contributed by atoms with Crippen molar-refractivity contribution in [2.24, 2.45) is 0 Å². The van der Waals surface area contributed by atoms with Crippen LogP contribution >= 0.6 is 11.3 Å². The molecule has 1 heterocycles. The second-order valence-corrected chi connectivity index (χ2v) is 8.87. The minimum Gasteiger partial charge on any atom is -0.477 e. The van der Waals surface area contributed by atoms with Crippen molar-refractivity contribution in [3.05, 3.63) is 70.6 Å². The van der Waals surface area contributed by atoms with Crippen molar-refractivity contribution in [2.45, 2.75) is 13.1 Å². The first-order valence-electron chi connectivity index (χ1n) is 7.58. The average molecular weight is 375 g/mol. The van der Waals surface area contributed by atoms with Gasteiger partial charge in [-0.05, 0) is 28.6 Å². The van der Waals surface area contributed by atoms with Gasteiger partial charge in [0.1, 0.15) is 4.88 Å². The van der Waals surface area contributed by atoms with Gasteiger partial charge < -0.3 is 5.11 Å². The number of carbonyl (C=O) groups is 1. The molecule has 0 aliphatic heterocycles. The van der Waals surface area contributed by atoms with Crippen molar-refractivity contribution in [3.63, 3.8) is 0 Å². The zero-order valence-corrected chi connectivity index (χ0v) is 15.2. The number of benzene rings is 2. The number of carboxylic acids is 1. The fourth-order valence-electron chi connectivity index (χ4n) is 2.56. The molecular formula is C18H17NO4S2. The minimum atomic E-state index is -3.38. The summed E-state index contributed by atoms with van der Waals surface area (Å²) in [5.41, 5.74) is 1.74. The molecule has 130 valence electrons. The summed E-state index contributed by atoms with van der Waals surface area (Å²) >= 11 is 1.19. The van der Waals surface area contributed by atoms with Gasteiger partial charge in [-0.1, -0.05) is 42.5 Å². The molecular weight excluding hydrogens is 358 g/mol. The molecule has 0 aliphatic rings. The van der Waals surface area contributed by atoms with E-state index in [9.17, 15) is 13.2 Å². The fourth-order valence-corrected chi connectivity index (χ4v) is 4.29. The van der Waals surface area contributed by atoms with E-state index in [-0.39, 0.29) is 11.4 Å². The Morgan fingerprint density at radius 3 is 2.36 bits per heavy atom. The van der Waals surface area contributed by atoms with Crippen LogP contribution in [0.2, 0.25) is 0 Å². The Hall–Kier alpha value is -2.22. The van der Waals surface area contributed by atoms with Crippen molar-refractivity contribution < 1.29 is 18.3 Å². The van der Waals surface area contributed by atoms with Crippen LogP contribution in [-0.4, -0.2) is 30.1 Å². The molecule has 1 aromatic heterocycles. The number of rotatable bonds is 6. The SMILES string of the molecule is CS(=O)(=O)N(Cc1ccccc1)Cc1ccc2cc(C(=O)O)sc2c1. The topological polar surface area (TPSA) is 74.7 Å². The van der Waals surface area contributed by atoms with Gasteiger partial charge in [-0.3, -0.25) is 0 Å². The maximum absolute atomic E-state index is 12.1. The highest BCUT2D eigenvalue weighted by Crippen LogP contribution is 2.27. The number of hydrogen-bond acceptors (Lipinski definition) is 4. The first-order valence-corrected chi connectivity index (χ1v) is 10.2. The van der Waals surface area contributed by atoms with Gasteiger partial charge in [0, 0.05) is 17.8 Å². The zero-order chi connectivity index (χ0) is 18.0. The predicted molar refractivity (Wildman–Crippen MR) is 99.3 cm³/mol. The predicted octanol–water partition coefficient (Wildman–Crippen LogP) is 3.56. The molecule has 0 radical (unpaired) electrons. The number of thiophene rings is 1. The molecule has 25 heavy (non-hydrogen) atoms. The van der Waals surface area contributed by atoms with Crippen molar-refractivity contribution in [2.75, 3.05) is 6.26 Å². The Kier molecular flexibility index (Phi) is 4.89. The Labute approximate surface area is 150 Å². The Morgan fingerprint density at radius 2 is 1.72 bits per heavy atom. The van der Waals surface area contributed by atoms with Crippen LogP contribution in [0.25, 0.3) is 10.1 Å². The van der Waals surface area contributed by atoms with E-state index in [2.05, 4.69) is 0 Å². The molecule has 3 aromatic rings. The van der Waals surface area contributed by atoms with E-state index in [0.29, 0.717) is 6.54 Å². The van der Waals surface area contributed by atoms with Gasteiger partial charge in [0.15, 0.2) is 0 Å². The van der Waals surface area contributed by atoms with Gasteiger partial charge >= 0.3 is 5.97 Å². The number of sulfonamides is 1. The molecule has 3 rings (SSSR count). The first-order chi connectivity index (χ1) is 11.8. The van der Waals surface area contributed by atoms with Crippen LogP contribution in [0.15, 0.2) is 54.6 Å². The molecule has 0 aliphatic carbocycles. The van der Waals surface area contributed by atoms with Crippen LogP contribution in [0, 0.1) is 0 Å². The van der Waals surface area contributed by atoms with Crippen molar-refractivity contribution in [1.82, 2.24) is 4.31 Å². The summed E-state index contributed by atoms with van der Waals surface area (Å²) in [7, 11) is -3.38. The summed E-state index contributed by atoms with van der Waals surface area (Å²) in [4.78, 5) is 11.4. The van der Waals surface area contributed by atoms with Crippen LogP contribution in [-0.2, 0) is 23.1 Å². The molecule has 0 saturated heterocycles. The van der Waals surface area contributed by atoms with E-state index in [1.807, 2.05) is 48.5 Å². The molecule has 2 aromatic carbocycles. The molecule has 0 bridgehead atoms. The summed E-state index contributed by atoms with van der Waals surface area (Å²) < 4.78 is 26.5. The van der Waals surface area contributed by atoms with E-state index < -0.39 is 16.0 Å². The van der Waals surface area contributed by atoms with Gasteiger partial charge in [-0.15, -0.1) is 11.3 Å². The van der Waals surface area contributed by atoms with Crippen LogP contribution in [0.5, 0.6) is 0 Å². The third-order valence-electron chi connectivity index (χ3n) is 3.82. The lowest BCUT2D eigenvalue weighted by molar-refractivity contribution is 0.0702. The maximum atomic E-state index is 12.1. The quantitative estimate of drug-likeness (QED) is 0.715. The molecule has 0 amide bonds. The van der Waals surface area contributed by atoms with Crippen molar-refractivity contribution >= 4 is 37.4 Å². The lowest BCUT2D eigenvalue weighted by atomic mass is 10.1. The number of hydrogen-bond donors (Lipinski definition) is 1. The van der Waals surface area contributed by atoms with Crippen LogP contribution in [0.1, 0.15) is 20.8 Å². The standard InChI is InChI=1S/C18H17NO4S2/c1-25(22,23)19(11-13-5-3-2-4-6-13)12-14-7-8-15-10-17(18(20)21)24-16(15)9-14/h2-10H,11-12H2,1H3,(H,20,21). The lowest BCUT2D eigenvalue weighted by Gasteiger charge is -2.20. The molecule has 0 atom stereocenters. The summed E-state index contributed by atoms with van der Waals surface area (Å²) in [6, 6.07) is 16.6. The molecule has 0 spiro atoms. The molecule has 5 nitrogen and oxygen atoms in total. The number of carboxylic acid groups (broad SMARTS) is 1. The van der Waals surface area contributed by atoms with E-state index in [0.717, 1.165) is 21.2 Å². The first kappa shape index (κ1) is 17.6. The Bertz CT molecular complexity index is 1010. The molecule has 7 heteroatoms. The Balaban J connectivity index is 1.88. The van der Waals surface area contributed by atoms with E-state index >= 15 is 0 Å². The smallest absolute Gasteiger partial charge is 0.345 e. The van der Waals surface area contributed by atoms with Crippen LogP contribution in [0.3, 0.4) is 0 Å².